The van der Waals surface area contributed by atoms with Gasteiger partial charge in [-0.15, -0.1) is 11.3 Å². The fourth-order valence-corrected chi connectivity index (χ4v) is 2.09. The first kappa shape index (κ1) is 9.91. The second kappa shape index (κ2) is 3.95. The van der Waals surface area contributed by atoms with Crippen molar-refractivity contribution in [2.75, 3.05) is 5.73 Å². The number of nitrogen functional groups attached to an aromatic ring is 1. The molecule has 0 radical (unpaired) electrons. The summed E-state index contributed by atoms with van der Waals surface area (Å²) in [5.41, 5.74) is 6.40. The normalized spacial score (nSPS) is 10.6. The molecule has 0 unspecified atom stereocenters. The van der Waals surface area contributed by atoms with E-state index in [4.69, 9.17) is 5.73 Å². The second-order valence-corrected chi connectivity index (χ2v) is 4.26. The van der Waals surface area contributed by atoms with E-state index < -0.39 is 0 Å². The fraction of sp³-hybridized carbons (Fsp3) is 0. The quantitative estimate of drug-likeness (QED) is 0.713. The van der Waals surface area contributed by atoms with Crippen molar-refractivity contribution in [1.29, 1.82) is 0 Å². The van der Waals surface area contributed by atoms with E-state index in [0.29, 0.717) is 23.2 Å². The Morgan fingerprint density at radius 2 is 2.24 bits per heavy atom. The summed E-state index contributed by atoms with van der Waals surface area (Å²) in [6.45, 7) is 0. The van der Waals surface area contributed by atoms with Crippen LogP contribution in [0.1, 0.15) is 0 Å². The fourth-order valence-electron chi connectivity index (χ4n) is 1.43. The summed E-state index contributed by atoms with van der Waals surface area (Å²) in [5.74, 6) is 1.60. The highest BCUT2D eigenvalue weighted by atomic mass is 32.1. The molecular formula is C10H8N6S. The number of nitrogens with two attached hydrogens (primary N) is 1. The summed E-state index contributed by atoms with van der Waals surface area (Å²) < 4.78 is 0. The van der Waals surface area contributed by atoms with Crippen LogP contribution in [0.5, 0.6) is 0 Å². The van der Waals surface area contributed by atoms with Gasteiger partial charge in [-0.05, 0) is 11.4 Å². The van der Waals surface area contributed by atoms with Crippen molar-refractivity contribution < 1.29 is 0 Å². The molecule has 0 amide bonds. The Kier molecular flexibility index (Phi) is 2.30. The summed E-state index contributed by atoms with van der Waals surface area (Å²) in [5, 5.41) is 8.50. The Hall–Kier alpha value is -2.28. The molecule has 0 aromatic carbocycles. The SMILES string of the molecule is Nc1cc(-c2ncn[nH]2)nc(-c2cccs2)n1. The Labute approximate surface area is 101 Å². The third-order valence-corrected chi connectivity index (χ3v) is 3.01. The average molecular weight is 244 g/mol. The van der Waals surface area contributed by atoms with Crippen LogP contribution in [0.25, 0.3) is 22.2 Å². The maximum atomic E-state index is 5.76. The number of anilines is 1. The Balaban J connectivity index is 2.13. The molecule has 17 heavy (non-hydrogen) atoms. The van der Waals surface area contributed by atoms with Crippen molar-refractivity contribution in [3.8, 4) is 22.2 Å². The van der Waals surface area contributed by atoms with Gasteiger partial charge >= 0.3 is 0 Å². The maximum absolute atomic E-state index is 5.76. The zero-order valence-corrected chi connectivity index (χ0v) is 9.48. The molecule has 0 aliphatic carbocycles. The molecular weight excluding hydrogens is 236 g/mol. The number of aromatic amines is 1. The predicted octanol–water partition coefficient (Wildman–Crippen LogP) is 1.57. The molecule has 0 spiro atoms. The van der Waals surface area contributed by atoms with Crippen LogP contribution in [0.2, 0.25) is 0 Å². The molecule has 84 valence electrons. The van der Waals surface area contributed by atoms with Crippen molar-refractivity contribution in [2.24, 2.45) is 0 Å². The molecule has 0 aliphatic rings. The number of nitrogens with zero attached hydrogens (tertiary/aromatic N) is 4. The van der Waals surface area contributed by atoms with Crippen molar-refractivity contribution in [3.63, 3.8) is 0 Å². The summed E-state index contributed by atoms with van der Waals surface area (Å²) in [7, 11) is 0. The lowest BCUT2D eigenvalue weighted by Crippen LogP contribution is -1.97. The van der Waals surface area contributed by atoms with Crippen LogP contribution in [0.15, 0.2) is 29.9 Å². The Morgan fingerprint density at radius 3 is 2.94 bits per heavy atom. The van der Waals surface area contributed by atoms with Gasteiger partial charge in [0.2, 0.25) is 0 Å². The minimum absolute atomic E-state index is 0.412. The molecule has 3 heterocycles. The monoisotopic (exact) mass is 244 g/mol. The van der Waals surface area contributed by atoms with E-state index in [2.05, 4.69) is 25.1 Å². The molecule has 0 bridgehead atoms. The highest BCUT2D eigenvalue weighted by Gasteiger charge is 2.09. The van der Waals surface area contributed by atoms with Crippen LogP contribution in [-0.4, -0.2) is 25.1 Å². The molecule has 0 saturated heterocycles. The highest BCUT2D eigenvalue weighted by molar-refractivity contribution is 7.13. The molecule has 3 rings (SSSR count). The first-order valence-corrected chi connectivity index (χ1v) is 5.75. The lowest BCUT2D eigenvalue weighted by molar-refractivity contribution is 1.08. The lowest BCUT2D eigenvalue weighted by atomic mass is 10.3. The first-order valence-electron chi connectivity index (χ1n) is 4.87. The number of nitrogens with one attached hydrogen (secondary N) is 1. The van der Waals surface area contributed by atoms with E-state index in [1.54, 1.807) is 17.4 Å². The molecule has 3 aromatic rings. The Bertz CT molecular complexity index is 564. The number of hydrogen-bond donors (Lipinski definition) is 2. The van der Waals surface area contributed by atoms with Crippen LogP contribution in [0.4, 0.5) is 5.82 Å². The number of hydrogen-bond acceptors (Lipinski definition) is 6. The lowest BCUT2D eigenvalue weighted by Gasteiger charge is -2.01. The van der Waals surface area contributed by atoms with Crippen LogP contribution in [0, 0.1) is 0 Å². The third-order valence-electron chi connectivity index (χ3n) is 2.15. The first-order chi connectivity index (χ1) is 8.33. The largest absolute Gasteiger partial charge is 0.384 e. The topological polar surface area (TPSA) is 93.4 Å². The van der Waals surface area contributed by atoms with Crippen LogP contribution in [0.3, 0.4) is 0 Å². The maximum Gasteiger partial charge on any atom is 0.174 e. The van der Waals surface area contributed by atoms with Crippen LogP contribution in [-0.2, 0) is 0 Å². The van der Waals surface area contributed by atoms with Gasteiger partial charge in [0.15, 0.2) is 11.6 Å². The van der Waals surface area contributed by atoms with Gasteiger partial charge in [-0.1, -0.05) is 6.07 Å². The van der Waals surface area contributed by atoms with Crippen molar-refractivity contribution in [3.05, 3.63) is 29.9 Å². The van der Waals surface area contributed by atoms with E-state index in [1.807, 2.05) is 17.5 Å². The van der Waals surface area contributed by atoms with Gasteiger partial charge in [0, 0.05) is 6.07 Å². The standard InChI is InChI=1S/C10H8N6S/c11-8-4-6(9-12-5-13-16-9)14-10(15-8)7-2-1-3-17-7/h1-5H,(H2,11,14,15)(H,12,13,16). The van der Waals surface area contributed by atoms with E-state index >= 15 is 0 Å². The molecule has 0 atom stereocenters. The molecule has 3 aromatic heterocycles. The van der Waals surface area contributed by atoms with Crippen LogP contribution < -0.4 is 5.73 Å². The van der Waals surface area contributed by atoms with Gasteiger partial charge in [0.25, 0.3) is 0 Å². The highest BCUT2D eigenvalue weighted by Crippen LogP contribution is 2.24. The summed E-state index contributed by atoms with van der Waals surface area (Å²) in [6.07, 6.45) is 1.43. The second-order valence-electron chi connectivity index (χ2n) is 3.31. The predicted molar refractivity (Wildman–Crippen MR) is 65.1 cm³/mol. The molecule has 3 N–H and O–H groups in total. The molecule has 0 saturated carbocycles. The van der Waals surface area contributed by atoms with E-state index in [0.717, 1.165) is 4.88 Å². The minimum atomic E-state index is 0.412. The van der Waals surface area contributed by atoms with Gasteiger partial charge in [-0.3, -0.25) is 5.10 Å². The Morgan fingerprint density at radius 1 is 1.29 bits per heavy atom. The zero-order valence-electron chi connectivity index (χ0n) is 8.66. The van der Waals surface area contributed by atoms with Crippen molar-refractivity contribution in [2.45, 2.75) is 0 Å². The number of thiophene rings is 1. The van der Waals surface area contributed by atoms with Crippen molar-refractivity contribution >= 4 is 17.2 Å². The number of H-pyrrole nitrogens is 1. The van der Waals surface area contributed by atoms with Gasteiger partial charge in [-0.2, -0.15) is 5.10 Å². The zero-order chi connectivity index (χ0) is 11.7. The summed E-state index contributed by atoms with van der Waals surface area (Å²) in [4.78, 5) is 13.6. The molecule has 0 aliphatic heterocycles. The summed E-state index contributed by atoms with van der Waals surface area (Å²) >= 11 is 1.56. The molecule has 0 fully saturated rings. The van der Waals surface area contributed by atoms with Crippen molar-refractivity contribution in [1.82, 2.24) is 25.1 Å². The van der Waals surface area contributed by atoms with E-state index in [1.165, 1.54) is 6.33 Å². The third kappa shape index (κ3) is 1.87. The van der Waals surface area contributed by atoms with E-state index in [-0.39, 0.29) is 0 Å². The molecule has 6 nitrogen and oxygen atoms in total. The van der Waals surface area contributed by atoms with Gasteiger partial charge < -0.3 is 5.73 Å². The average Bonchev–Trinajstić information content (AvgIpc) is 3.02. The van der Waals surface area contributed by atoms with Crippen LogP contribution >= 0.6 is 11.3 Å². The number of aromatic nitrogens is 5. The van der Waals surface area contributed by atoms with Gasteiger partial charge in [0.05, 0.1) is 4.88 Å². The minimum Gasteiger partial charge on any atom is -0.384 e. The van der Waals surface area contributed by atoms with Gasteiger partial charge in [0.1, 0.15) is 17.8 Å². The van der Waals surface area contributed by atoms with E-state index in [9.17, 15) is 0 Å². The number of rotatable bonds is 2. The van der Waals surface area contributed by atoms with Gasteiger partial charge in [-0.25, -0.2) is 15.0 Å². The molecule has 7 heteroatoms. The summed E-state index contributed by atoms with van der Waals surface area (Å²) in [6, 6.07) is 5.56. The smallest absolute Gasteiger partial charge is 0.174 e.